The molecule has 0 unspecified atom stereocenters. The summed E-state index contributed by atoms with van der Waals surface area (Å²) in [6.45, 7) is 4.17. The van der Waals surface area contributed by atoms with Gasteiger partial charge < -0.3 is 5.32 Å². The van der Waals surface area contributed by atoms with Gasteiger partial charge in [0.1, 0.15) is 5.82 Å². The third-order valence-electron chi connectivity index (χ3n) is 3.25. The summed E-state index contributed by atoms with van der Waals surface area (Å²) >= 11 is 5.02. The first-order chi connectivity index (χ1) is 11.0. The smallest absolute Gasteiger partial charge is 0.269 e. The zero-order valence-electron chi connectivity index (χ0n) is 12.9. The molecule has 3 N–H and O–H groups in total. The summed E-state index contributed by atoms with van der Waals surface area (Å²) in [6.07, 6.45) is 0. The molecule has 0 atom stereocenters. The highest BCUT2D eigenvalue weighted by molar-refractivity contribution is 7.80. The summed E-state index contributed by atoms with van der Waals surface area (Å²) in [6, 6.07) is 13.5. The van der Waals surface area contributed by atoms with E-state index in [0.717, 1.165) is 5.56 Å². The van der Waals surface area contributed by atoms with Crippen molar-refractivity contribution in [1.82, 2.24) is 10.9 Å². The summed E-state index contributed by atoms with van der Waals surface area (Å²) in [5.41, 5.74) is 6.93. The van der Waals surface area contributed by atoms with Crippen molar-refractivity contribution in [3.05, 3.63) is 65.5 Å². The molecule has 1 amide bonds. The van der Waals surface area contributed by atoms with Crippen LogP contribution in [0.5, 0.6) is 0 Å². The fourth-order valence-electron chi connectivity index (χ4n) is 1.92. The summed E-state index contributed by atoms with van der Waals surface area (Å²) in [5, 5.41) is 2.77. The number of halogens is 1. The van der Waals surface area contributed by atoms with E-state index in [1.165, 1.54) is 6.07 Å². The van der Waals surface area contributed by atoms with E-state index in [4.69, 9.17) is 12.2 Å². The lowest BCUT2D eigenvalue weighted by atomic mass is 10.0. The third kappa shape index (κ3) is 4.75. The van der Waals surface area contributed by atoms with Gasteiger partial charge in [-0.05, 0) is 48.0 Å². The van der Waals surface area contributed by atoms with Crippen molar-refractivity contribution in [2.45, 2.75) is 19.8 Å². The van der Waals surface area contributed by atoms with Gasteiger partial charge >= 0.3 is 0 Å². The normalized spacial score (nSPS) is 10.3. The van der Waals surface area contributed by atoms with Gasteiger partial charge in [-0.25, -0.2) is 4.39 Å². The monoisotopic (exact) mass is 331 g/mol. The van der Waals surface area contributed by atoms with Crippen LogP contribution in [0.15, 0.2) is 48.5 Å². The minimum absolute atomic E-state index is 0.0993. The minimum Gasteiger partial charge on any atom is -0.329 e. The van der Waals surface area contributed by atoms with E-state index in [9.17, 15) is 9.18 Å². The van der Waals surface area contributed by atoms with Crippen molar-refractivity contribution < 1.29 is 9.18 Å². The van der Waals surface area contributed by atoms with E-state index in [1.807, 2.05) is 12.1 Å². The Morgan fingerprint density at radius 1 is 1.04 bits per heavy atom. The maximum atomic E-state index is 13.5. The number of hydrogen-bond donors (Lipinski definition) is 3. The van der Waals surface area contributed by atoms with Gasteiger partial charge in [0.2, 0.25) is 0 Å². The van der Waals surface area contributed by atoms with Crippen molar-refractivity contribution >= 4 is 28.9 Å². The molecule has 2 aromatic rings. The first-order valence-corrected chi connectivity index (χ1v) is 7.60. The Kier molecular flexibility index (Phi) is 5.65. The number of para-hydroxylation sites is 1. The molecule has 2 rings (SSSR count). The number of benzene rings is 2. The molecule has 0 aliphatic heterocycles. The van der Waals surface area contributed by atoms with Crippen LogP contribution in [0.1, 0.15) is 35.7 Å². The third-order valence-corrected chi connectivity index (χ3v) is 3.46. The number of carbonyl (C=O) groups excluding carboxylic acids is 1. The fraction of sp³-hybridized carbons (Fsp3) is 0.176. The number of rotatable bonds is 3. The molecule has 0 saturated carbocycles. The van der Waals surface area contributed by atoms with Gasteiger partial charge in [0.15, 0.2) is 5.11 Å². The van der Waals surface area contributed by atoms with Gasteiger partial charge in [-0.2, -0.15) is 0 Å². The molecule has 0 fully saturated rings. The number of hydrogen-bond acceptors (Lipinski definition) is 2. The summed E-state index contributed by atoms with van der Waals surface area (Å²) in [7, 11) is 0. The number of nitrogens with one attached hydrogen (secondary N) is 3. The largest absolute Gasteiger partial charge is 0.329 e. The first-order valence-electron chi connectivity index (χ1n) is 7.19. The van der Waals surface area contributed by atoms with Crippen LogP contribution in [0, 0.1) is 5.82 Å². The Balaban J connectivity index is 1.88. The molecule has 2 aromatic carbocycles. The summed E-state index contributed by atoms with van der Waals surface area (Å²) in [4.78, 5) is 12.0. The van der Waals surface area contributed by atoms with Crippen LogP contribution >= 0.6 is 12.2 Å². The van der Waals surface area contributed by atoms with E-state index in [1.54, 1.807) is 30.3 Å². The number of hydrazine groups is 1. The topological polar surface area (TPSA) is 53.2 Å². The standard InChI is InChI=1S/C17H18FN3OS/c1-11(2)12-7-9-13(10-8-12)16(22)20-21-17(23)19-15-6-4-3-5-14(15)18/h3-11H,1-2H3,(H,20,22)(H2,19,21,23). The van der Waals surface area contributed by atoms with Gasteiger partial charge in [-0.15, -0.1) is 0 Å². The van der Waals surface area contributed by atoms with E-state index in [-0.39, 0.29) is 16.7 Å². The molecule has 0 bridgehead atoms. The predicted octanol–water partition coefficient (Wildman–Crippen LogP) is 3.58. The Bertz CT molecular complexity index is 701. The van der Waals surface area contributed by atoms with Gasteiger partial charge in [0.05, 0.1) is 5.69 Å². The summed E-state index contributed by atoms with van der Waals surface area (Å²) < 4.78 is 13.5. The first kappa shape index (κ1) is 16.9. The molecular weight excluding hydrogens is 313 g/mol. The molecule has 0 aliphatic rings. The van der Waals surface area contributed by atoms with Gasteiger partial charge in [0.25, 0.3) is 5.91 Å². The van der Waals surface area contributed by atoms with Gasteiger partial charge in [-0.1, -0.05) is 38.1 Å². The lowest BCUT2D eigenvalue weighted by Crippen LogP contribution is -2.43. The Hall–Kier alpha value is -2.47. The van der Waals surface area contributed by atoms with Crippen LogP contribution in [0.3, 0.4) is 0 Å². The minimum atomic E-state index is -0.424. The van der Waals surface area contributed by atoms with E-state index in [0.29, 0.717) is 11.5 Å². The molecule has 0 saturated heterocycles. The zero-order chi connectivity index (χ0) is 16.8. The molecule has 6 heteroatoms. The second-order valence-corrected chi connectivity index (χ2v) is 5.70. The van der Waals surface area contributed by atoms with Crippen LogP contribution in [-0.2, 0) is 0 Å². The Morgan fingerprint density at radius 3 is 2.30 bits per heavy atom. The van der Waals surface area contributed by atoms with Crippen molar-refractivity contribution in [2.24, 2.45) is 0 Å². The molecule has 0 aliphatic carbocycles. The molecule has 0 radical (unpaired) electrons. The number of thiocarbonyl (C=S) groups is 1. The molecule has 4 nitrogen and oxygen atoms in total. The number of carbonyl (C=O) groups is 1. The Morgan fingerprint density at radius 2 is 1.70 bits per heavy atom. The van der Waals surface area contributed by atoms with Crippen molar-refractivity contribution in [1.29, 1.82) is 0 Å². The lowest BCUT2D eigenvalue weighted by molar-refractivity contribution is 0.0944. The highest BCUT2D eigenvalue weighted by Gasteiger charge is 2.08. The number of amides is 1. The quantitative estimate of drug-likeness (QED) is 0.594. The fourth-order valence-corrected chi connectivity index (χ4v) is 2.08. The molecule has 0 spiro atoms. The van der Waals surface area contributed by atoms with Crippen molar-refractivity contribution in [2.75, 3.05) is 5.32 Å². The highest BCUT2D eigenvalue weighted by Crippen LogP contribution is 2.14. The van der Waals surface area contributed by atoms with Crippen LogP contribution in [0.4, 0.5) is 10.1 Å². The maximum Gasteiger partial charge on any atom is 0.269 e. The zero-order valence-corrected chi connectivity index (χ0v) is 13.7. The number of anilines is 1. The Labute approximate surface area is 140 Å². The van der Waals surface area contributed by atoms with E-state index >= 15 is 0 Å². The lowest BCUT2D eigenvalue weighted by Gasteiger charge is -2.12. The molecule has 23 heavy (non-hydrogen) atoms. The molecular formula is C17H18FN3OS. The van der Waals surface area contributed by atoms with Crippen LogP contribution in [-0.4, -0.2) is 11.0 Å². The second-order valence-electron chi connectivity index (χ2n) is 5.29. The summed E-state index contributed by atoms with van der Waals surface area (Å²) in [5.74, 6) is -0.340. The molecule has 0 heterocycles. The average molecular weight is 331 g/mol. The van der Waals surface area contributed by atoms with Crippen molar-refractivity contribution in [3.63, 3.8) is 0 Å². The van der Waals surface area contributed by atoms with Crippen LogP contribution in [0.2, 0.25) is 0 Å². The van der Waals surface area contributed by atoms with E-state index in [2.05, 4.69) is 30.0 Å². The van der Waals surface area contributed by atoms with E-state index < -0.39 is 5.82 Å². The SMILES string of the molecule is CC(C)c1ccc(C(=O)NNC(=S)Nc2ccccc2F)cc1. The molecule has 0 aromatic heterocycles. The van der Waals surface area contributed by atoms with Crippen LogP contribution in [0.25, 0.3) is 0 Å². The second kappa shape index (κ2) is 7.69. The van der Waals surface area contributed by atoms with Crippen LogP contribution < -0.4 is 16.2 Å². The predicted molar refractivity (Wildman–Crippen MR) is 93.8 cm³/mol. The maximum absolute atomic E-state index is 13.5. The molecule has 120 valence electrons. The highest BCUT2D eigenvalue weighted by atomic mass is 32.1. The van der Waals surface area contributed by atoms with Gasteiger partial charge in [-0.3, -0.25) is 15.6 Å². The van der Waals surface area contributed by atoms with Gasteiger partial charge in [0, 0.05) is 5.56 Å². The van der Waals surface area contributed by atoms with Crippen molar-refractivity contribution in [3.8, 4) is 0 Å². The average Bonchev–Trinajstić information content (AvgIpc) is 2.55.